The fourth-order valence-corrected chi connectivity index (χ4v) is 3.06. The number of carbonyl (C=O) groups is 3. The van der Waals surface area contributed by atoms with E-state index < -0.39 is 41.4 Å². The van der Waals surface area contributed by atoms with Crippen LogP contribution in [0.4, 0.5) is 4.79 Å². The molecule has 1 heterocycles. The average molecular weight is 463 g/mol. The van der Waals surface area contributed by atoms with Gasteiger partial charge < -0.3 is 19.7 Å². The van der Waals surface area contributed by atoms with E-state index in [9.17, 15) is 24.0 Å². The molecule has 0 bridgehead atoms. The second-order valence-electron chi connectivity index (χ2n) is 8.42. The summed E-state index contributed by atoms with van der Waals surface area (Å²) in [5, 5.41) is 2.79. The lowest BCUT2D eigenvalue weighted by atomic mass is 10.1. The fourth-order valence-electron chi connectivity index (χ4n) is 3.06. The van der Waals surface area contributed by atoms with Crippen LogP contribution in [0, 0.1) is 6.92 Å². The van der Waals surface area contributed by atoms with Gasteiger partial charge in [0.2, 0.25) is 5.91 Å². The number of ether oxygens (including phenoxy) is 2. The predicted octanol–water partition coefficient (Wildman–Crippen LogP) is 0.915. The van der Waals surface area contributed by atoms with Crippen LogP contribution in [0.2, 0.25) is 0 Å². The number of nitrogens with one attached hydrogen (secondary N) is 2. The molecule has 2 rings (SSSR count). The molecule has 0 saturated carbocycles. The molecule has 11 heteroatoms. The molecule has 2 aromatic rings. The molecule has 11 nitrogen and oxygen atoms in total. The number of hydrogen-bond acceptors (Lipinski definition) is 7. The van der Waals surface area contributed by atoms with Gasteiger partial charge >= 0.3 is 17.8 Å². The summed E-state index contributed by atoms with van der Waals surface area (Å²) < 4.78 is 11.2. The van der Waals surface area contributed by atoms with Crippen LogP contribution in [0.1, 0.15) is 33.3 Å². The lowest BCUT2D eigenvalue weighted by Crippen LogP contribution is -2.45. The van der Waals surface area contributed by atoms with E-state index in [4.69, 9.17) is 9.47 Å². The van der Waals surface area contributed by atoms with Crippen molar-refractivity contribution in [3.8, 4) is 0 Å². The van der Waals surface area contributed by atoms with E-state index in [1.807, 2.05) is 0 Å². The van der Waals surface area contributed by atoms with Gasteiger partial charge in [-0.1, -0.05) is 11.6 Å². The highest BCUT2D eigenvalue weighted by atomic mass is 16.6. The van der Waals surface area contributed by atoms with Gasteiger partial charge in [-0.3, -0.25) is 23.9 Å². The van der Waals surface area contributed by atoms with Crippen molar-refractivity contribution in [3.05, 3.63) is 44.6 Å². The molecule has 0 saturated heterocycles. The summed E-state index contributed by atoms with van der Waals surface area (Å²) in [6.45, 7) is 7.96. The summed E-state index contributed by atoms with van der Waals surface area (Å²) in [5.74, 6) is -1.19. The van der Waals surface area contributed by atoms with Crippen molar-refractivity contribution < 1.29 is 23.9 Å². The Morgan fingerprint density at radius 2 is 1.88 bits per heavy atom. The van der Waals surface area contributed by atoms with Crippen LogP contribution in [-0.2, 0) is 25.6 Å². The molecular formula is C22H30N4O7. The number of amides is 2. The molecule has 0 aliphatic heterocycles. The van der Waals surface area contributed by atoms with Crippen molar-refractivity contribution in [3.63, 3.8) is 0 Å². The number of benzene rings is 1. The number of carbonyl (C=O) groups excluding carboxylic acids is 3. The maximum absolute atomic E-state index is 13.0. The molecule has 1 aromatic carbocycles. The first-order chi connectivity index (χ1) is 15.4. The number of aromatic amines is 1. The van der Waals surface area contributed by atoms with Gasteiger partial charge in [0.15, 0.2) is 0 Å². The number of H-pyrrole nitrogens is 1. The number of aromatic nitrogens is 2. The first-order valence-corrected chi connectivity index (χ1v) is 10.5. The first kappa shape index (κ1) is 25.6. The minimum Gasteiger partial charge on any atom is -0.465 e. The summed E-state index contributed by atoms with van der Waals surface area (Å²) in [7, 11) is 0. The molecule has 2 N–H and O–H groups in total. The van der Waals surface area contributed by atoms with Crippen LogP contribution >= 0.6 is 0 Å². The smallest absolute Gasteiger partial charge is 0.407 e. The third-order valence-corrected chi connectivity index (χ3v) is 4.47. The van der Waals surface area contributed by atoms with Gasteiger partial charge in [0.25, 0.3) is 5.56 Å². The van der Waals surface area contributed by atoms with E-state index in [1.54, 1.807) is 52.8 Å². The second-order valence-corrected chi connectivity index (χ2v) is 8.42. The Morgan fingerprint density at radius 3 is 2.52 bits per heavy atom. The lowest BCUT2D eigenvalue weighted by Gasteiger charge is -2.24. The number of aryl methyl sites for hydroxylation is 1. The molecule has 0 aliphatic rings. The molecule has 2 amide bonds. The largest absolute Gasteiger partial charge is 0.465 e. The van der Waals surface area contributed by atoms with E-state index in [0.29, 0.717) is 5.52 Å². The Labute approximate surface area is 190 Å². The van der Waals surface area contributed by atoms with Crippen LogP contribution in [0.3, 0.4) is 0 Å². The van der Waals surface area contributed by atoms with Crippen LogP contribution in [0.15, 0.2) is 27.8 Å². The minimum absolute atomic E-state index is 0.0144. The molecule has 0 fully saturated rings. The van der Waals surface area contributed by atoms with Gasteiger partial charge in [0.05, 0.1) is 17.5 Å². The van der Waals surface area contributed by atoms with E-state index >= 15 is 0 Å². The number of esters is 1. The highest BCUT2D eigenvalue weighted by Gasteiger charge is 2.21. The van der Waals surface area contributed by atoms with E-state index in [0.717, 1.165) is 10.1 Å². The zero-order valence-corrected chi connectivity index (χ0v) is 19.5. The van der Waals surface area contributed by atoms with Gasteiger partial charge in [0.1, 0.15) is 18.7 Å². The summed E-state index contributed by atoms with van der Waals surface area (Å²) in [6, 6.07) is 4.94. The van der Waals surface area contributed by atoms with Crippen LogP contribution in [-0.4, -0.2) is 64.3 Å². The maximum atomic E-state index is 13.0. The van der Waals surface area contributed by atoms with E-state index in [-0.39, 0.29) is 31.6 Å². The number of alkyl carbamates (subject to hydrolysis) is 1. The Balaban J connectivity index is 2.23. The zero-order valence-electron chi connectivity index (χ0n) is 19.5. The van der Waals surface area contributed by atoms with Crippen molar-refractivity contribution in [2.75, 3.05) is 26.2 Å². The molecule has 180 valence electrons. The monoisotopic (exact) mass is 462 g/mol. The normalized spacial score (nSPS) is 11.2. The molecule has 0 aliphatic carbocycles. The Bertz CT molecular complexity index is 1140. The van der Waals surface area contributed by atoms with Gasteiger partial charge in [-0.05, 0) is 46.8 Å². The van der Waals surface area contributed by atoms with Gasteiger partial charge in [-0.25, -0.2) is 9.59 Å². The highest BCUT2D eigenvalue weighted by Crippen LogP contribution is 2.11. The summed E-state index contributed by atoms with van der Waals surface area (Å²) in [4.78, 5) is 64.9. The van der Waals surface area contributed by atoms with E-state index in [2.05, 4.69) is 10.3 Å². The average Bonchev–Trinajstić information content (AvgIpc) is 2.69. The number of fused-ring (bicyclic) bond motifs is 1. The fraction of sp³-hybridized carbons (Fsp3) is 0.500. The van der Waals surface area contributed by atoms with Crippen LogP contribution < -0.4 is 16.6 Å². The molecule has 0 spiro atoms. The van der Waals surface area contributed by atoms with Gasteiger partial charge in [0, 0.05) is 13.1 Å². The number of hydrogen-bond donors (Lipinski definition) is 2. The third kappa shape index (κ3) is 7.48. The van der Waals surface area contributed by atoms with Crippen molar-refractivity contribution in [2.45, 2.75) is 46.8 Å². The quantitative estimate of drug-likeness (QED) is 0.556. The summed E-state index contributed by atoms with van der Waals surface area (Å²) in [5.41, 5.74) is -0.859. The summed E-state index contributed by atoms with van der Waals surface area (Å²) in [6.07, 6.45) is -0.663. The molecule has 33 heavy (non-hydrogen) atoms. The predicted molar refractivity (Wildman–Crippen MR) is 121 cm³/mol. The van der Waals surface area contributed by atoms with Crippen LogP contribution in [0.25, 0.3) is 10.9 Å². The third-order valence-electron chi connectivity index (χ3n) is 4.47. The Kier molecular flexibility index (Phi) is 8.38. The van der Waals surface area contributed by atoms with Crippen LogP contribution in [0.5, 0.6) is 0 Å². The molecule has 0 radical (unpaired) electrons. The van der Waals surface area contributed by atoms with Crippen molar-refractivity contribution in [1.82, 2.24) is 19.8 Å². The topological polar surface area (TPSA) is 140 Å². The maximum Gasteiger partial charge on any atom is 0.407 e. The number of nitrogens with zero attached hydrogens (tertiary/aromatic N) is 2. The highest BCUT2D eigenvalue weighted by molar-refractivity contribution is 5.84. The first-order valence-electron chi connectivity index (χ1n) is 10.5. The SMILES string of the molecule is CCOC(=O)CN(CCNC(=O)OC(C)(C)C)C(=O)Cn1c(=O)[nH]c(=O)c2cc(C)ccc21. The van der Waals surface area contributed by atoms with Crippen molar-refractivity contribution >= 4 is 28.9 Å². The molecule has 0 atom stereocenters. The number of rotatable bonds is 8. The molecule has 0 unspecified atom stereocenters. The molecular weight excluding hydrogens is 432 g/mol. The Hall–Kier alpha value is -3.63. The minimum atomic E-state index is -0.743. The zero-order chi connectivity index (χ0) is 24.8. The van der Waals surface area contributed by atoms with Gasteiger partial charge in [-0.15, -0.1) is 0 Å². The van der Waals surface area contributed by atoms with Crippen molar-refractivity contribution in [1.29, 1.82) is 0 Å². The molecule has 1 aromatic heterocycles. The summed E-state index contributed by atoms with van der Waals surface area (Å²) >= 11 is 0. The van der Waals surface area contributed by atoms with E-state index in [1.165, 1.54) is 4.90 Å². The van der Waals surface area contributed by atoms with Gasteiger partial charge in [-0.2, -0.15) is 0 Å². The Morgan fingerprint density at radius 1 is 1.18 bits per heavy atom. The van der Waals surface area contributed by atoms with Crippen molar-refractivity contribution in [2.24, 2.45) is 0 Å². The standard InChI is InChI=1S/C22H30N4O7/c1-6-32-18(28)13-25(10-9-23-21(31)33-22(3,4)5)17(27)12-26-16-8-7-14(2)11-15(16)19(29)24-20(26)30/h7-8,11H,6,9-10,12-13H2,1-5H3,(H,23,31)(H,24,29,30). The second kappa shape index (κ2) is 10.8. The lowest BCUT2D eigenvalue weighted by molar-refractivity contribution is -0.149.